The van der Waals surface area contributed by atoms with Crippen LogP contribution in [0, 0.1) is 0 Å². The van der Waals surface area contributed by atoms with Crippen molar-refractivity contribution in [1.82, 2.24) is 5.32 Å². The summed E-state index contributed by atoms with van der Waals surface area (Å²) in [7, 11) is 0. The lowest BCUT2D eigenvalue weighted by Crippen LogP contribution is -2.47. The lowest BCUT2D eigenvalue weighted by molar-refractivity contribution is 0.283. The zero-order valence-corrected chi connectivity index (χ0v) is 17.3. The molecule has 3 rings (SSSR count). The number of aliphatic imine (C=N–C) groups is 1. The number of aromatic hydroxyl groups is 1. The van der Waals surface area contributed by atoms with Gasteiger partial charge in [0.1, 0.15) is 11.4 Å². The molecule has 3 nitrogen and oxygen atoms in total. The van der Waals surface area contributed by atoms with E-state index in [1.165, 1.54) is 11.1 Å². The highest BCUT2D eigenvalue weighted by atomic mass is 79.9. The Bertz CT molecular complexity index is 800. The number of rotatable bonds is 5. The quantitative estimate of drug-likeness (QED) is 0.653. The minimum atomic E-state index is -0.328. The first kappa shape index (κ1) is 19.1. The van der Waals surface area contributed by atoms with Crippen LogP contribution in [-0.4, -0.2) is 16.5 Å². The summed E-state index contributed by atoms with van der Waals surface area (Å²) in [6.07, 6.45) is 3.80. The second kappa shape index (κ2) is 7.93. The van der Waals surface area contributed by atoms with E-state index in [-0.39, 0.29) is 11.7 Å². The SMILES string of the molecule is CCC[C@]1(C)N=C(c2ccc(CC)cc2)C[C@H](c2cc(Br)ccc2O)N1. The number of nitrogens with zero attached hydrogens (tertiary/aromatic N) is 1. The van der Waals surface area contributed by atoms with Crippen LogP contribution in [0.1, 0.15) is 62.8 Å². The molecule has 4 heteroatoms. The van der Waals surface area contributed by atoms with E-state index in [1.54, 1.807) is 6.07 Å². The molecule has 2 N–H and O–H groups in total. The third-order valence-electron chi connectivity index (χ3n) is 5.06. The molecule has 0 fully saturated rings. The third-order valence-corrected chi connectivity index (χ3v) is 5.55. The Balaban J connectivity index is 1.99. The molecule has 0 saturated carbocycles. The molecule has 1 aliphatic rings. The van der Waals surface area contributed by atoms with Gasteiger partial charge in [-0.1, -0.05) is 60.5 Å². The van der Waals surface area contributed by atoms with Crippen molar-refractivity contribution in [2.75, 3.05) is 0 Å². The maximum atomic E-state index is 10.4. The van der Waals surface area contributed by atoms with Gasteiger partial charge in [-0.05, 0) is 49.1 Å². The Labute approximate surface area is 164 Å². The molecule has 0 amide bonds. The van der Waals surface area contributed by atoms with Gasteiger partial charge in [0, 0.05) is 28.2 Å². The van der Waals surface area contributed by atoms with Gasteiger partial charge in [-0.3, -0.25) is 10.3 Å². The molecule has 2 atom stereocenters. The molecule has 1 aliphatic heterocycles. The smallest absolute Gasteiger partial charge is 0.120 e. The van der Waals surface area contributed by atoms with Crippen LogP contribution in [0.25, 0.3) is 0 Å². The molecule has 1 heterocycles. The van der Waals surface area contributed by atoms with Crippen molar-refractivity contribution in [2.24, 2.45) is 4.99 Å². The molecule has 26 heavy (non-hydrogen) atoms. The van der Waals surface area contributed by atoms with Gasteiger partial charge in [0.05, 0.1) is 0 Å². The Morgan fingerprint density at radius 3 is 2.58 bits per heavy atom. The first-order chi connectivity index (χ1) is 12.4. The molecule has 2 aromatic carbocycles. The van der Waals surface area contributed by atoms with Crippen LogP contribution in [0.5, 0.6) is 5.75 Å². The monoisotopic (exact) mass is 414 g/mol. The van der Waals surface area contributed by atoms with Crippen molar-refractivity contribution < 1.29 is 5.11 Å². The first-order valence-corrected chi connectivity index (χ1v) is 10.2. The number of hydrogen-bond donors (Lipinski definition) is 2. The van der Waals surface area contributed by atoms with Gasteiger partial charge in [-0.25, -0.2) is 0 Å². The summed E-state index contributed by atoms with van der Waals surface area (Å²) in [6, 6.07) is 14.4. The highest BCUT2D eigenvalue weighted by Crippen LogP contribution is 2.36. The van der Waals surface area contributed by atoms with E-state index in [2.05, 4.69) is 66.3 Å². The van der Waals surface area contributed by atoms with E-state index in [0.29, 0.717) is 5.75 Å². The van der Waals surface area contributed by atoms with Crippen molar-refractivity contribution >= 4 is 21.6 Å². The third kappa shape index (κ3) is 4.18. The predicted molar refractivity (Wildman–Crippen MR) is 112 cm³/mol. The van der Waals surface area contributed by atoms with Crippen molar-refractivity contribution in [1.29, 1.82) is 0 Å². The predicted octanol–water partition coefficient (Wildman–Crippen LogP) is 5.76. The number of benzene rings is 2. The van der Waals surface area contributed by atoms with Crippen LogP contribution >= 0.6 is 15.9 Å². The van der Waals surface area contributed by atoms with E-state index in [1.807, 2.05) is 12.1 Å². The molecule has 138 valence electrons. The Morgan fingerprint density at radius 2 is 1.92 bits per heavy atom. The zero-order chi connectivity index (χ0) is 18.7. The van der Waals surface area contributed by atoms with Gasteiger partial charge in [-0.15, -0.1) is 0 Å². The van der Waals surface area contributed by atoms with Gasteiger partial charge in [0.2, 0.25) is 0 Å². The number of phenolic OH excluding ortho intramolecular Hbond substituents is 1. The van der Waals surface area contributed by atoms with Crippen molar-refractivity contribution in [3.63, 3.8) is 0 Å². The minimum Gasteiger partial charge on any atom is -0.508 e. The maximum Gasteiger partial charge on any atom is 0.120 e. The van der Waals surface area contributed by atoms with E-state index in [4.69, 9.17) is 4.99 Å². The van der Waals surface area contributed by atoms with Crippen LogP contribution in [0.4, 0.5) is 0 Å². The molecule has 2 aromatic rings. The second-order valence-electron chi connectivity index (χ2n) is 7.24. The van der Waals surface area contributed by atoms with E-state index >= 15 is 0 Å². The van der Waals surface area contributed by atoms with Crippen molar-refractivity contribution in [2.45, 2.75) is 58.2 Å². The Kier molecular flexibility index (Phi) is 5.83. The van der Waals surface area contributed by atoms with Gasteiger partial charge < -0.3 is 5.11 Å². The summed E-state index contributed by atoms with van der Waals surface area (Å²) in [5.41, 5.74) is 4.20. The molecular formula is C22H27BrN2O. The van der Waals surface area contributed by atoms with Crippen molar-refractivity contribution in [3.05, 3.63) is 63.6 Å². The van der Waals surface area contributed by atoms with Gasteiger partial charge in [0.15, 0.2) is 0 Å². The highest BCUT2D eigenvalue weighted by molar-refractivity contribution is 9.10. The van der Waals surface area contributed by atoms with E-state index in [0.717, 1.165) is 41.4 Å². The number of halogens is 1. The van der Waals surface area contributed by atoms with Crippen LogP contribution in [-0.2, 0) is 6.42 Å². The fourth-order valence-corrected chi connectivity index (χ4v) is 4.10. The average Bonchev–Trinajstić information content (AvgIpc) is 2.63. The van der Waals surface area contributed by atoms with Gasteiger partial charge >= 0.3 is 0 Å². The number of nitrogens with one attached hydrogen (secondary N) is 1. The highest BCUT2D eigenvalue weighted by Gasteiger charge is 2.33. The lowest BCUT2D eigenvalue weighted by Gasteiger charge is -2.38. The Morgan fingerprint density at radius 1 is 1.19 bits per heavy atom. The van der Waals surface area contributed by atoms with Gasteiger partial charge in [0.25, 0.3) is 0 Å². The summed E-state index contributed by atoms with van der Waals surface area (Å²) in [6.45, 7) is 6.50. The molecule has 0 saturated heterocycles. The van der Waals surface area contributed by atoms with Crippen LogP contribution < -0.4 is 5.32 Å². The topological polar surface area (TPSA) is 44.6 Å². The molecule has 0 spiro atoms. The summed E-state index contributed by atoms with van der Waals surface area (Å²) < 4.78 is 0.973. The average molecular weight is 415 g/mol. The molecule has 0 radical (unpaired) electrons. The summed E-state index contributed by atoms with van der Waals surface area (Å²) in [4.78, 5) is 5.07. The van der Waals surface area contributed by atoms with Crippen molar-refractivity contribution in [3.8, 4) is 5.75 Å². The number of phenols is 1. The molecule has 0 bridgehead atoms. The Hall–Kier alpha value is -1.65. The minimum absolute atomic E-state index is 0.0300. The zero-order valence-electron chi connectivity index (χ0n) is 15.7. The number of hydrogen-bond acceptors (Lipinski definition) is 3. The molecule has 0 unspecified atom stereocenters. The fraction of sp³-hybridized carbons (Fsp3) is 0.409. The second-order valence-corrected chi connectivity index (χ2v) is 8.15. The van der Waals surface area contributed by atoms with Crippen LogP contribution in [0.3, 0.4) is 0 Å². The fourth-order valence-electron chi connectivity index (χ4n) is 3.72. The van der Waals surface area contributed by atoms with E-state index in [9.17, 15) is 5.11 Å². The number of aryl methyl sites for hydroxylation is 1. The van der Waals surface area contributed by atoms with E-state index < -0.39 is 0 Å². The molecular weight excluding hydrogens is 388 g/mol. The summed E-state index contributed by atoms with van der Waals surface area (Å²) in [5, 5.41) is 14.1. The van der Waals surface area contributed by atoms with Crippen LogP contribution in [0.15, 0.2) is 51.9 Å². The summed E-state index contributed by atoms with van der Waals surface area (Å²) in [5.74, 6) is 0.326. The maximum absolute atomic E-state index is 10.4. The molecule has 0 aromatic heterocycles. The summed E-state index contributed by atoms with van der Waals surface area (Å²) >= 11 is 3.53. The lowest BCUT2D eigenvalue weighted by atomic mass is 9.90. The standard InChI is InChI=1S/C22H27BrN2O/c1-4-12-22(3)24-19(16-8-6-15(5-2)7-9-16)14-20(25-22)18-13-17(23)10-11-21(18)26/h6-11,13,20,25-26H,4-5,12,14H2,1-3H3/t20-,22-/m1/s1. The van der Waals surface area contributed by atoms with Gasteiger partial charge in [-0.2, -0.15) is 0 Å². The molecule has 0 aliphatic carbocycles. The normalized spacial score (nSPS) is 22.9. The van der Waals surface area contributed by atoms with Crippen LogP contribution in [0.2, 0.25) is 0 Å². The first-order valence-electron chi connectivity index (χ1n) is 9.38. The largest absolute Gasteiger partial charge is 0.508 e.